The van der Waals surface area contributed by atoms with Crippen molar-refractivity contribution in [2.24, 2.45) is 0 Å². The van der Waals surface area contributed by atoms with Crippen molar-refractivity contribution in [2.45, 2.75) is 19.3 Å². The van der Waals surface area contributed by atoms with Crippen LogP contribution in [0.1, 0.15) is 29.7 Å². The zero-order chi connectivity index (χ0) is 16.5. The van der Waals surface area contributed by atoms with Crippen LogP contribution in [0.5, 0.6) is 0 Å². The van der Waals surface area contributed by atoms with Gasteiger partial charge in [0.15, 0.2) is 5.82 Å². The number of nitriles is 1. The van der Waals surface area contributed by atoms with Gasteiger partial charge in [-0.3, -0.25) is 0 Å². The molecule has 1 fully saturated rings. The van der Waals surface area contributed by atoms with Gasteiger partial charge in [-0.2, -0.15) is 15.2 Å². The summed E-state index contributed by atoms with van der Waals surface area (Å²) in [6.45, 7) is 3.22. The van der Waals surface area contributed by atoms with E-state index in [1.54, 1.807) is 6.92 Å². The topological polar surface area (TPSA) is 92.0 Å². The van der Waals surface area contributed by atoms with Crippen molar-refractivity contribution in [2.75, 3.05) is 18.0 Å². The van der Waals surface area contributed by atoms with Gasteiger partial charge in [-0.1, -0.05) is 23.4 Å². The van der Waals surface area contributed by atoms with Gasteiger partial charge in [0.05, 0.1) is 5.92 Å². The smallest absolute Gasteiger partial charge is 0.235 e. The Labute approximate surface area is 138 Å². The summed E-state index contributed by atoms with van der Waals surface area (Å²) in [5, 5.41) is 13.2. The van der Waals surface area contributed by atoms with E-state index in [1.165, 1.54) is 0 Å². The second-order valence-corrected chi connectivity index (χ2v) is 5.76. The van der Waals surface area contributed by atoms with Crippen LogP contribution in [-0.2, 0) is 0 Å². The number of rotatable bonds is 3. The van der Waals surface area contributed by atoms with Crippen molar-refractivity contribution in [3.63, 3.8) is 0 Å². The molecule has 3 heterocycles. The molecular weight excluding hydrogens is 306 g/mol. The highest BCUT2D eigenvalue weighted by Gasteiger charge is 2.32. The van der Waals surface area contributed by atoms with E-state index in [0.717, 1.165) is 18.5 Å². The van der Waals surface area contributed by atoms with E-state index in [4.69, 9.17) is 8.94 Å². The minimum Gasteiger partial charge on any atom is -0.419 e. The van der Waals surface area contributed by atoms with Gasteiger partial charge in [-0.25, -0.2) is 0 Å². The van der Waals surface area contributed by atoms with E-state index in [-0.39, 0.29) is 5.92 Å². The predicted octanol–water partition coefficient (Wildman–Crippen LogP) is 2.90. The first-order valence-electron chi connectivity index (χ1n) is 7.76. The fourth-order valence-electron chi connectivity index (χ4n) is 2.93. The van der Waals surface area contributed by atoms with Crippen LogP contribution in [0.3, 0.4) is 0 Å². The third kappa shape index (κ3) is 2.52. The summed E-state index contributed by atoms with van der Waals surface area (Å²) in [7, 11) is 0. The van der Waals surface area contributed by atoms with E-state index in [1.807, 2.05) is 35.2 Å². The molecule has 7 heteroatoms. The zero-order valence-electron chi connectivity index (χ0n) is 13.1. The second-order valence-electron chi connectivity index (χ2n) is 5.76. The minimum absolute atomic E-state index is 0.142. The Bertz CT molecular complexity index is 893. The number of aromatic nitrogens is 3. The number of oxazole rings is 1. The molecule has 0 radical (unpaired) electrons. The van der Waals surface area contributed by atoms with Crippen LogP contribution in [-0.4, -0.2) is 28.2 Å². The summed E-state index contributed by atoms with van der Waals surface area (Å²) in [6, 6.07) is 11.7. The molecule has 0 N–H and O–H groups in total. The molecule has 0 aliphatic carbocycles. The number of aryl methyl sites for hydroxylation is 1. The van der Waals surface area contributed by atoms with Gasteiger partial charge in [0.25, 0.3) is 0 Å². The lowest BCUT2D eigenvalue weighted by molar-refractivity contribution is 0.356. The Morgan fingerprint density at radius 1 is 1.25 bits per heavy atom. The van der Waals surface area contributed by atoms with Gasteiger partial charge in [0.2, 0.25) is 23.4 Å². The Kier molecular flexibility index (Phi) is 3.50. The first-order chi connectivity index (χ1) is 11.7. The maximum absolute atomic E-state index is 9.39. The van der Waals surface area contributed by atoms with Crippen LogP contribution in [0.4, 0.5) is 5.88 Å². The molecule has 1 unspecified atom stereocenters. The molecule has 4 rings (SSSR count). The van der Waals surface area contributed by atoms with E-state index < -0.39 is 0 Å². The number of benzene rings is 1. The van der Waals surface area contributed by atoms with Crippen molar-refractivity contribution in [1.29, 1.82) is 5.26 Å². The zero-order valence-corrected chi connectivity index (χ0v) is 13.1. The van der Waals surface area contributed by atoms with Crippen molar-refractivity contribution >= 4 is 5.88 Å². The van der Waals surface area contributed by atoms with Gasteiger partial charge in [0.1, 0.15) is 6.07 Å². The molecule has 1 aromatic carbocycles. The molecule has 1 aliphatic heterocycles. The van der Waals surface area contributed by atoms with Crippen LogP contribution in [0.15, 0.2) is 39.3 Å². The highest BCUT2D eigenvalue weighted by molar-refractivity contribution is 5.59. The quantitative estimate of drug-likeness (QED) is 0.732. The molecule has 3 aromatic rings. The summed E-state index contributed by atoms with van der Waals surface area (Å²) >= 11 is 0. The molecule has 0 spiro atoms. The summed E-state index contributed by atoms with van der Waals surface area (Å²) in [4.78, 5) is 10.6. The lowest BCUT2D eigenvalue weighted by Crippen LogP contribution is -2.19. The largest absolute Gasteiger partial charge is 0.419 e. The summed E-state index contributed by atoms with van der Waals surface area (Å²) in [5.74, 6) is 2.38. The maximum atomic E-state index is 9.39. The fraction of sp³-hybridized carbons (Fsp3) is 0.294. The van der Waals surface area contributed by atoms with E-state index in [9.17, 15) is 5.26 Å². The normalized spacial score (nSPS) is 17.2. The van der Waals surface area contributed by atoms with Crippen LogP contribution >= 0.6 is 0 Å². The lowest BCUT2D eigenvalue weighted by atomic mass is 10.1. The van der Waals surface area contributed by atoms with Crippen molar-refractivity contribution in [3.05, 3.63) is 47.7 Å². The summed E-state index contributed by atoms with van der Waals surface area (Å²) < 4.78 is 11.2. The van der Waals surface area contributed by atoms with Crippen LogP contribution in [0, 0.1) is 18.3 Å². The first kappa shape index (κ1) is 14.5. The number of hydrogen-bond acceptors (Lipinski definition) is 7. The molecular formula is C17H15N5O2. The van der Waals surface area contributed by atoms with Crippen LogP contribution < -0.4 is 4.90 Å². The number of hydrogen-bond donors (Lipinski definition) is 0. The molecule has 24 heavy (non-hydrogen) atoms. The highest BCUT2D eigenvalue weighted by atomic mass is 16.5. The van der Waals surface area contributed by atoms with Gasteiger partial charge < -0.3 is 13.8 Å². The SMILES string of the molecule is Cc1noc(C2CCN(c3oc(-c4ccccc4)nc3C#N)C2)n1. The summed E-state index contributed by atoms with van der Waals surface area (Å²) in [6.07, 6.45) is 0.869. The Hall–Kier alpha value is -3.14. The van der Waals surface area contributed by atoms with E-state index >= 15 is 0 Å². The highest BCUT2D eigenvalue weighted by Crippen LogP contribution is 2.34. The Balaban J connectivity index is 1.61. The second kappa shape index (κ2) is 5.81. The number of anilines is 1. The minimum atomic E-state index is 0.142. The fourth-order valence-corrected chi connectivity index (χ4v) is 2.93. The van der Waals surface area contributed by atoms with Gasteiger partial charge in [-0.05, 0) is 25.5 Å². The Morgan fingerprint density at radius 2 is 2.08 bits per heavy atom. The molecule has 0 saturated carbocycles. The Morgan fingerprint density at radius 3 is 2.79 bits per heavy atom. The van der Waals surface area contributed by atoms with E-state index in [2.05, 4.69) is 21.2 Å². The number of nitrogens with zero attached hydrogens (tertiary/aromatic N) is 5. The third-order valence-electron chi connectivity index (χ3n) is 4.10. The average Bonchev–Trinajstić information content (AvgIpc) is 3.33. The molecule has 1 aliphatic rings. The first-order valence-corrected chi connectivity index (χ1v) is 7.76. The monoisotopic (exact) mass is 321 g/mol. The molecule has 2 aromatic heterocycles. The van der Waals surface area contributed by atoms with Gasteiger partial charge in [-0.15, -0.1) is 0 Å². The predicted molar refractivity (Wildman–Crippen MR) is 85.3 cm³/mol. The molecule has 120 valence electrons. The lowest BCUT2D eigenvalue weighted by Gasteiger charge is -2.13. The molecule has 1 atom stereocenters. The molecule has 7 nitrogen and oxygen atoms in total. The standard InChI is InChI=1S/C17H15N5O2/c1-11-19-16(24-21-11)13-7-8-22(10-13)17-14(9-18)20-15(23-17)12-5-3-2-4-6-12/h2-6,13H,7-8,10H2,1H3. The third-order valence-corrected chi connectivity index (χ3v) is 4.10. The van der Waals surface area contributed by atoms with Gasteiger partial charge >= 0.3 is 0 Å². The van der Waals surface area contributed by atoms with Crippen LogP contribution in [0.25, 0.3) is 11.5 Å². The molecule has 0 bridgehead atoms. The van der Waals surface area contributed by atoms with Gasteiger partial charge in [0, 0.05) is 18.7 Å². The molecule has 1 saturated heterocycles. The van der Waals surface area contributed by atoms with Crippen molar-refractivity contribution in [1.82, 2.24) is 15.1 Å². The average molecular weight is 321 g/mol. The van der Waals surface area contributed by atoms with Crippen LogP contribution in [0.2, 0.25) is 0 Å². The maximum Gasteiger partial charge on any atom is 0.235 e. The van der Waals surface area contributed by atoms with Crippen molar-refractivity contribution in [3.8, 4) is 17.5 Å². The van der Waals surface area contributed by atoms with Crippen molar-refractivity contribution < 1.29 is 8.94 Å². The van der Waals surface area contributed by atoms with E-state index in [0.29, 0.717) is 35.7 Å². The summed E-state index contributed by atoms with van der Waals surface area (Å²) in [5.41, 5.74) is 1.15. The molecule has 0 amide bonds.